The van der Waals surface area contributed by atoms with E-state index in [0.717, 1.165) is 37.8 Å². The van der Waals surface area contributed by atoms with Crippen molar-refractivity contribution in [3.05, 3.63) is 33.8 Å². The first kappa shape index (κ1) is 18.2. The van der Waals surface area contributed by atoms with E-state index in [1.165, 1.54) is 37.7 Å². The van der Waals surface area contributed by atoms with Gasteiger partial charge < -0.3 is 10.2 Å². The molecule has 1 aliphatic heterocycles. The van der Waals surface area contributed by atoms with Gasteiger partial charge in [0.15, 0.2) is 5.11 Å². The quantitative estimate of drug-likeness (QED) is 0.780. The molecule has 1 aromatic rings. The van der Waals surface area contributed by atoms with Crippen molar-refractivity contribution in [2.24, 2.45) is 0 Å². The van der Waals surface area contributed by atoms with E-state index < -0.39 is 0 Å². The number of thiocarbonyl (C=S) groups is 1. The molecule has 1 N–H and O–H groups in total. The molecule has 0 unspecified atom stereocenters. The number of hydrogen-bond donors (Lipinski definition) is 1. The summed E-state index contributed by atoms with van der Waals surface area (Å²) in [6.07, 6.45) is 6.56. The van der Waals surface area contributed by atoms with Gasteiger partial charge in [-0.15, -0.1) is 0 Å². The molecule has 1 aromatic carbocycles. The lowest BCUT2D eigenvalue weighted by atomic mass is 9.96. The van der Waals surface area contributed by atoms with Crippen LogP contribution in [-0.4, -0.2) is 47.1 Å². The SMILES string of the molecule is S=C(NC1CCCCC1)N1CCN(Cc2ccc(Cl)c(Cl)c2)CC1. The van der Waals surface area contributed by atoms with E-state index in [4.69, 9.17) is 35.4 Å². The fourth-order valence-corrected chi connectivity index (χ4v) is 4.19. The van der Waals surface area contributed by atoms with Crippen LogP contribution in [0.1, 0.15) is 37.7 Å². The summed E-state index contributed by atoms with van der Waals surface area (Å²) in [6.45, 7) is 4.92. The molecule has 24 heavy (non-hydrogen) atoms. The summed E-state index contributed by atoms with van der Waals surface area (Å²) in [6, 6.07) is 6.47. The Bertz CT molecular complexity index is 567. The summed E-state index contributed by atoms with van der Waals surface area (Å²) in [5.74, 6) is 0. The number of hydrogen-bond acceptors (Lipinski definition) is 2. The second-order valence-corrected chi connectivity index (χ2v) is 8.00. The van der Waals surface area contributed by atoms with Gasteiger partial charge in [-0.3, -0.25) is 4.90 Å². The number of nitrogens with zero attached hydrogens (tertiary/aromatic N) is 2. The van der Waals surface area contributed by atoms with Crippen LogP contribution < -0.4 is 5.32 Å². The maximum atomic E-state index is 6.10. The molecule has 2 fully saturated rings. The van der Waals surface area contributed by atoms with Crippen LogP contribution in [0.15, 0.2) is 18.2 Å². The zero-order valence-corrected chi connectivity index (χ0v) is 16.3. The van der Waals surface area contributed by atoms with Crippen LogP contribution in [0.2, 0.25) is 10.0 Å². The van der Waals surface area contributed by atoms with Gasteiger partial charge in [0.2, 0.25) is 0 Å². The standard InChI is InChI=1S/C18H25Cl2N3S/c19-16-7-6-14(12-17(16)20)13-22-8-10-23(11-9-22)18(24)21-15-4-2-1-3-5-15/h6-7,12,15H,1-5,8-11,13H2,(H,21,24). The normalized spacial score (nSPS) is 20.2. The van der Waals surface area contributed by atoms with E-state index in [9.17, 15) is 0 Å². The maximum absolute atomic E-state index is 6.10. The maximum Gasteiger partial charge on any atom is 0.169 e. The van der Waals surface area contributed by atoms with Gasteiger partial charge in [0.05, 0.1) is 10.0 Å². The van der Waals surface area contributed by atoms with Crippen LogP contribution in [0, 0.1) is 0 Å². The number of rotatable bonds is 3. The summed E-state index contributed by atoms with van der Waals surface area (Å²) < 4.78 is 0. The average molecular weight is 386 g/mol. The Hall–Kier alpha value is -0.550. The summed E-state index contributed by atoms with van der Waals surface area (Å²) in [4.78, 5) is 4.76. The smallest absolute Gasteiger partial charge is 0.169 e. The van der Waals surface area contributed by atoms with E-state index in [0.29, 0.717) is 16.1 Å². The molecular weight excluding hydrogens is 361 g/mol. The Morgan fingerprint density at radius 2 is 1.75 bits per heavy atom. The minimum Gasteiger partial charge on any atom is -0.360 e. The predicted octanol–water partition coefficient (Wildman–Crippen LogP) is 4.32. The molecule has 0 amide bonds. The van der Waals surface area contributed by atoms with Crippen molar-refractivity contribution in [3.63, 3.8) is 0 Å². The molecule has 1 heterocycles. The molecule has 1 aliphatic carbocycles. The molecular formula is C18H25Cl2N3S. The van der Waals surface area contributed by atoms with Crippen molar-refractivity contribution in [3.8, 4) is 0 Å². The number of piperazine rings is 1. The highest BCUT2D eigenvalue weighted by Gasteiger charge is 2.21. The van der Waals surface area contributed by atoms with E-state index >= 15 is 0 Å². The lowest BCUT2D eigenvalue weighted by molar-refractivity contribution is 0.173. The highest BCUT2D eigenvalue weighted by atomic mass is 35.5. The first-order chi connectivity index (χ1) is 11.6. The zero-order chi connectivity index (χ0) is 16.9. The van der Waals surface area contributed by atoms with Crippen LogP contribution in [0.3, 0.4) is 0 Å². The van der Waals surface area contributed by atoms with Crippen LogP contribution in [0.25, 0.3) is 0 Å². The molecule has 2 aliphatic rings. The third kappa shape index (κ3) is 4.98. The zero-order valence-electron chi connectivity index (χ0n) is 13.9. The molecule has 0 aromatic heterocycles. The lowest BCUT2D eigenvalue weighted by Gasteiger charge is -2.37. The van der Waals surface area contributed by atoms with Crippen molar-refractivity contribution < 1.29 is 0 Å². The second kappa shape index (κ2) is 8.70. The summed E-state index contributed by atoms with van der Waals surface area (Å²) in [7, 11) is 0. The molecule has 1 saturated heterocycles. The second-order valence-electron chi connectivity index (χ2n) is 6.80. The summed E-state index contributed by atoms with van der Waals surface area (Å²) in [5.41, 5.74) is 1.21. The molecule has 132 valence electrons. The number of halogens is 2. The Labute approximate surface area is 160 Å². The highest BCUT2D eigenvalue weighted by Crippen LogP contribution is 2.23. The van der Waals surface area contributed by atoms with Gasteiger partial charge in [0.1, 0.15) is 0 Å². The Morgan fingerprint density at radius 3 is 2.42 bits per heavy atom. The summed E-state index contributed by atoms with van der Waals surface area (Å²) >= 11 is 17.7. The van der Waals surface area contributed by atoms with Crippen LogP contribution in [0.4, 0.5) is 0 Å². The van der Waals surface area contributed by atoms with E-state index in [1.807, 2.05) is 12.1 Å². The number of benzene rings is 1. The Morgan fingerprint density at radius 1 is 1.04 bits per heavy atom. The van der Waals surface area contributed by atoms with E-state index in [-0.39, 0.29) is 0 Å². The first-order valence-electron chi connectivity index (χ1n) is 8.83. The topological polar surface area (TPSA) is 18.5 Å². The Balaban J connectivity index is 1.44. The number of nitrogens with one attached hydrogen (secondary N) is 1. The molecule has 0 spiro atoms. The largest absolute Gasteiger partial charge is 0.360 e. The third-order valence-corrected chi connectivity index (χ3v) is 6.10. The fraction of sp³-hybridized carbons (Fsp3) is 0.611. The van der Waals surface area contributed by atoms with Gasteiger partial charge in [0, 0.05) is 38.8 Å². The first-order valence-corrected chi connectivity index (χ1v) is 10.00. The van der Waals surface area contributed by atoms with Gasteiger partial charge in [-0.25, -0.2) is 0 Å². The van der Waals surface area contributed by atoms with Gasteiger partial charge in [-0.05, 0) is 42.8 Å². The molecule has 3 rings (SSSR count). The summed E-state index contributed by atoms with van der Waals surface area (Å²) in [5, 5.41) is 5.76. The van der Waals surface area contributed by atoms with Gasteiger partial charge >= 0.3 is 0 Å². The molecule has 0 atom stereocenters. The van der Waals surface area contributed by atoms with Crippen LogP contribution in [0.5, 0.6) is 0 Å². The van der Waals surface area contributed by atoms with Crippen molar-refractivity contribution in [1.82, 2.24) is 15.1 Å². The van der Waals surface area contributed by atoms with Gasteiger partial charge in [0.25, 0.3) is 0 Å². The third-order valence-electron chi connectivity index (χ3n) is 4.98. The molecule has 0 radical (unpaired) electrons. The molecule has 1 saturated carbocycles. The van der Waals surface area contributed by atoms with E-state index in [1.54, 1.807) is 0 Å². The lowest BCUT2D eigenvalue weighted by Crippen LogP contribution is -2.53. The molecule has 6 heteroatoms. The van der Waals surface area contributed by atoms with E-state index in [2.05, 4.69) is 21.2 Å². The van der Waals surface area contributed by atoms with Crippen LogP contribution in [-0.2, 0) is 6.54 Å². The highest BCUT2D eigenvalue weighted by molar-refractivity contribution is 7.80. The van der Waals surface area contributed by atoms with Gasteiger partial charge in [-0.1, -0.05) is 48.5 Å². The monoisotopic (exact) mass is 385 g/mol. The molecule has 0 bridgehead atoms. The van der Waals surface area contributed by atoms with Crippen LogP contribution >= 0.6 is 35.4 Å². The fourth-order valence-electron chi connectivity index (χ4n) is 3.52. The minimum absolute atomic E-state index is 0.584. The average Bonchev–Trinajstić information content (AvgIpc) is 2.60. The Kier molecular flexibility index (Phi) is 6.62. The minimum atomic E-state index is 0.584. The van der Waals surface area contributed by atoms with Crippen molar-refractivity contribution in [2.45, 2.75) is 44.7 Å². The van der Waals surface area contributed by atoms with Crippen molar-refractivity contribution in [1.29, 1.82) is 0 Å². The van der Waals surface area contributed by atoms with Gasteiger partial charge in [-0.2, -0.15) is 0 Å². The predicted molar refractivity (Wildman–Crippen MR) is 106 cm³/mol. The van der Waals surface area contributed by atoms with Crippen molar-refractivity contribution in [2.75, 3.05) is 26.2 Å². The molecule has 3 nitrogen and oxygen atoms in total. The van der Waals surface area contributed by atoms with Crippen molar-refractivity contribution >= 4 is 40.5 Å².